The summed E-state index contributed by atoms with van der Waals surface area (Å²) in [4.78, 5) is 27.8. The largest absolute Gasteiger partial charge is 0.513 e. The van der Waals surface area contributed by atoms with Crippen LogP contribution in [0.2, 0.25) is 0 Å². The van der Waals surface area contributed by atoms with Gasteiger partial charge in [0, 0.05) is 6.20 Å². The fourth-order valence-corrected chi connectivity index (χ4v) is 1.80. The maximum Gasteiger partial charge on any atom is 0.513 e. The molecule has 22 heavy (non-hydrogen) atoms. The van der Waals surface area contributed by atoms with Gasteiger partial charge in [-0.25, -0.2) is 14.2 Å². The first-order valence-electron chi connectivity index (χ1n) is 6.86. The number of pyridine rings is 1. The van der Waals surface area contributed by atoms with Crippen LogP contribution in [-0.2, 0) is 9.47 Å². The molecule has 0 unspecified atom stereocenters. The fourth-order valence-electron chi connectivity index (χ4n) is 1.80. The molecule has 0 saturated carbocycles. The minimum Gasteiger partial charge on any atom is -0.443 e. The van der Waals surface area contributed by atoms with Gasteiger partial charge >= 0.3 is 12.2 Å². The third-order valence-electron chi connectivity index (χ3n) is 2.57. The molecule has 2 aromatic heterocycles. The molecule has 0 aromatic carbocycles. The van der Waals surface area contributed by atoms with Crippen LogP contribution in [0.1, 0.15) is 27.7 Å². The van der Waals surface area contributed by atoms with Gasteiger partial charge in [-0.2, -0.15) is 0 Å². The van der Waals surface area contributed by atoms with E-state index in [9.17, 15) is 9.59 Å². The number of ether oxygens (including phenoxy) is 3. The van der Waals surface area contributed by atoms with E-state index < -0.39 is 17.8 Å². The lowest BCUT2D eigenvalue weighted by Crippen LogP contribution is -2.26. The summed E-state index contributed by atoms with van der Waals surface area (Å²) in [6.07, 6.45) is 1.48. The second-order valence-electron chi connectivity index (χ2n) is 5.50. The quantitative estimate of drug-likeness (QED) is 0.791. The van der Waals surface area contributed by atoms with Crippen LogP contribution in [0.3, 0.4) is 0 Å². The third kappa shape index (κ3) is 3.55. The third-order valence-corrected chi connectivity index (χ3v) is 2.57. The van der Waals surface area contributed by atoms with E-state index in [1.54, 1.807) is 46.0 Å². The van der Waals surface area contributed by atoms with Gasteiger partial charge in [-0.1, -0.05) is 0 Å². The van der Waals surface area contributed by atoms with Crippen LogP contribution in [0.15, 0.2) is 24.5 Å². The van der Waals surface area contributed by atoms with Gasteiger partial charge in [-0.3, -0.25) is 4.98 Å². The summed E-state index contributed by atoms with van der Waals surface area (Å²) in [5.41, 5.74) is 0.218. The van der Waals surface area contributed by atoms with Crippen molar-refractivity contribution in [3.05, 3.63) is 24.5 Å². The average molecular weight is 306 g/mol. The Labute approximate surface area is 127 Å². The molecule has 2 heterocycles. The highest BCUT2D eigenvalue weighted by Crippen LogP contribution is 2.27. The lowest BCUT2D eigenvalue weighted by atomic mass is 10.2. The fraction of sp³-hybridized carbons (Fsp3) is 0.400. The number of carbonyl (C=O) groups excluding carboxylic acids is 2. The maximum absolute atomic E-state index is 12.2. The molecule has 0 bridgehead atoms. The van der Waals surface area contributed by atoms with Gasteiger partial charge in [0.1, 0.15) is 11.1 Å². The Morgan fingerprint density at radius 2 is 2.05 bits per heavy atom. The summed E-state index contributed by atoms with van der Waals surface area (Å²) in [6.45, 7) is 7.17. The second-order valence-corrected chi connectivity index (χ2v) is 5.50. The Kier molecular flexibility index (Phi) is 4.35. The minimum absolute atomic E-state index is 0.139. The van der Waals surface area contributed by atoms with Crippen molar-refractivity contribution in [2.24, 2.45) is 0 Å². The van der Waals surface area contributed by atoms with Crippen LogP contribution in [-0.4, -0.2) is 34.0 Å². The van der Waals surface area contributed by atoms with Gasteiger partial charge in [-0.05, 0) is 39.8 Å². The normalized spacial score (nSPS) is 11.3. The molecule has 0 atom stereocenters. The molecule has 0 amide bonds. The Morgan fingerprint density at radius 1 is 1.32 bits per heavy atom. The maximum atomic E-state index is 12.2. The van der Waals surface area contributed by atoms with E-state index in [2.05, 4.69) is 4.98 Å². The topological polar surface area (TPSA) is 79.7 Å². The van der Waals surface area contributed by atoms with Crippen LogP contribution in [0.4, 0.5) is 9.59 Å². The molecule has 0 radical (unpaired) electrons. The number of fused-ring (bicyclic) bond motifs is 1. The Hall–Kier alpha value is -2.57. The standard InChI is InChI=1S/C15H18N2O5/c1-5-20-14(19)21-11-9-17(13(18)22-15(2,3)4)10-7-6-8-16-12(10)11/h6-9H,5H2,1-4H3. The van der Waals surface area contributed by atoms with Crippen molar-refractivity contribution in [3.8, 4) is 5.75 Å². The number of carbonyl (C=O) groups is 2. The van der Waals surface area contributed by atoms with Crippen molar-refractivity contribution in [2.75, 3.05) is 6.61 Å². The summed E-state index contributed by atoms with van der Waals surface area (Å²) >= 11 is 0. The van der Waals surface area contributed by atoms with Crippen LogP contribution in [0.5, 0.6) is 5.75 Å². The number of rotatable bonds is 2. The Balaban J connectivity index is 2.39. The van der Waals surface area contributed by atoms with E-state index in [1.807, 2.05) is 0 Å². The van der Waals surface area contributed by atoms with Gasteiger partial charge in [0.05, 0.1) is 18.3 Å². The zero-order chi connectivity index (χ0) is 16.3. The van der Waals surface area contributed by atoms with E-state index in [1.165, 1.54) is 10.8 Å². The highest BCUT2D eigenvalue weighted by molar-refractivity contribution is 5.92. The summed E-state index contributed by atoms with van der Waals surface area (Å²) in [6, 6.07) is 3.36. The molecule has 0 aliphatic rings. The molecular formula is C15H18N2O5. The van der Waals surface area contributed by atoms with Crippen molar-refractivity contribution >= 4 is 23.3 Å². The minimum atomic E-state index is -0.851. The second kappa shape index (κ2) is 6.05. The van der Waals surface area contributed by atoms with Crippen LogP contribution >= 0.6 is 0 Å². The molecule has 118 valence electrons. The lowest BCUT2D eigenvalue weighted by molar-refractivity contribution is 0.0542. The van der Waals surface area contributed by atoms with Crippen LogP contribution in [0.25, 0.3) is 11.0 Å². The van der Waals surface area contributed by atoms with Crippen molar-refractivity contribution in [1.82, 2.24) is 9.55 Å². The summed E-state index contributed by atoms with van der Waals surface area (Å²) in [7, 11) is 0. The summed E-state index contributed by atoms with van der Waals surface area (Å²) < 4.78 is 16.4. The van der Waals surface area contributed by atoms with Crippen molar-refractivity contribution < 1.29 is 23.8 Å². The smallest absolute Gasteiger partial charge is 0.443 e. The first kappa shape index (κ1) is 15.8. The van der Waals surface area contributed by atoms with E-state index in [0.717, 1.165) is 0 Å². The molecule has 7 nitrogen and oxygen atoms in total. The predicted octanol–water partition coefficient (Wildman–Crippen LogP) is 3.35. The Bertz CT molecular complexity index is 700. The SMILES string of the molecule is CCOC(=O)Oc1cn(C(=O)OC(C)(C)C)c2cccnc12. The summed E-state index contributed by atoms with van der Waals surface area (Å²) in [5, 5.41) is 0. The molecule has 0 N–H and O–H groups in total. The molecule has 0 fully saturated rings. The van der Waals surface area contributed by atoms with Crippen LogP contribution in [0, 0.1) is 0 Å². The van der Waals surface area contributed by atoms with Gasteiger partial charge in [0.25, 0.3) is 0 Å². The van der Waals surface area contributed by atoms with Gasteiger partial charge < -0.3 is 14.2 Å². The van der Waals surface area contributed by atoms with Gasteiger partial charge in [0.2, 0.25) is 0 Å². The molecule has 7 heteroatoms. The molecule has 0 aliphatic carbocycles. The number of hydrogen-bond acceptors (Lipinski definition) is 6. The van der Waals surface area contributed by atoms with E-state index in [0.29, 0.717) is 11.0 Å². The highest BCUT2D eigenvalue weighted by Gasteiger charge is 2.22. The average Bonchev–Trinajstić information content (AvgIpc) is 2.76. The number of nitrogens with zero attached hydrogens (tertiary/aromatic N) is 2. The molecular weight excluding hydrogens is 288 g/mol. The molecule has 2 rings (SSSR count). The predicted molar refractivity (Wildman–Crippen MR) is 79.0 cm³/mol. The highest BCUT2D eigenvalue weighted by atomic mass is 16.7. The van der Waals surface area contributed by atoms with Gasteiger partial charge in [0.15, 0.2) is 5.75 Å². The Morgan fingerprint density at radius 3 is 2.68 bits per heavy atom. The monoisotopic (exact) mass is 306 g/mol. The van der Waals surface area contributed by atoms with Gasteiger partial charge in [-0.15, -0.1) is 0 Å². The molecule has 0 spiro atoms. The van der Waals surface area contributed by atoms with Crippen LogP contribution < -0.4 is 4.74 Å². The van der Waals surface area contributed by atoms with Crippen molar-refractivity contribution in [1.29, 1.82) is 0 Å². The zero-order valence-corrected chi connectivity index (χ0v) is 13.0. The van der Waals surface area contributed by atoms with Crippen molar-refractivity contribution in [2.45, 2.75) is 33.3 Å². The first-order valence-corrected chi connectivity index (χ1v) is 6.86. The number of aromatic nitrogens is 2. The molecule has 0 saturated heterocycles. The lowest BCUT2D eigenvalue weighted by Gasteiger charge is -2.19. The number of hydrogen-bond donors (Lipinski definition) is 0. The van der Waals surface area contributed by atoms with Crippen molar-refractivity contribution in [3.63, 3.8) is 0 Å². The molecule has 2 aromatic rings. The first-order chi connectivity index (χ1) is 10.3. The summed E-state index contributed by atoms with van der Waals surface area (Å²) in [5.74, 6) is 0.139. The van der Waals surface area contributed by atoms with E-state index in [-0.39, 0.29) is 12.4 Å². The van der Waals surface area contributed by atoms with E-state index in [4.69, 9.17) is 14.2 Å². The zero-order valence-electron chi connectivity index (χ0n) is 13.0. The molecule has 0 aliphatic heterocycles. The van der Waals surface area contributed by atoms with E-state index >= 15 is 0 Å².